The van der Waals surface area contributed by atoms with Crippen molar-refractivity contribution < 1.29 is 4.39 Å². The Labute approximate surface area is 53.9 Å². The highest BCUT2D eigenvalue weighted by Gasteiger charge is 2.27. The topological polar surface area (TPSA) is 27.0 Å². The summed E-state index contributed by atoms with van der Waals surface area (Å²) in [6.45, 7) is 2.15. The lowest BCUT2D eigenvalue weighted by Crippen LogP contribution is -2.20. The van der Waals surface area contributed by atoms with E-state index in [-0.39, 0.29) is 12.6 Å². The Morgan fingerprint density at radius 2 is 2.44 bits per heavy atom. The molecule has 1 aliphatic rings. The Morgan fingerprint density at radius 1 is 1.78 bits per heavy atom. The molecule has 1 aliphatic heterocycles. The van der Waals surface area contributed by atoms with Gasteiger partial charge in [0, 0.05) is 12.5 Å². The molecule has 1 saturated heterocycles. The monoisotopic (exact) mass is 128 g/mol. The third-order valence-corrected chi connectivity index (χ3v) is 1.65. The molecule has 9 heavy (non-hydrogen) atoms. The number of hydrogen-bond donors (Lipinski definition) is 0. The second kappa shape index (κ2) is 2.22. The van der Waals surface area contributed by atoms with Gasteiger partial charge in [-0.25, -0.2) is 4.39 Å². The first-order chi connectivity index (χ1) is 4.24. The Morgan fingerprint density at radius 3 is 2.67 bits per heavy atom. The Bertz CT molecular complexity index is 140. The number of rotatable bonds is 0. The van der Waals surface area contributed by atoms with Gasteiger partial charge in [-0.3, -0.25) is 0 Å². The van der Waals surface area contributed by atoms with Crippen LogP contribution in [0.1, 0.15) is 13.3 Å². The quantitative estimate of drug-likeness (QED) is 0.453. The van der Waals surface area contributed by atoms with Crippen LogP contribution in [0, 0.1) is 11.5 Å². The lowest BCUT2D eigenvalue weighted by molar-refractivity contribution is 0.334. The predicted octanol–water partition coefficient (Wildman–Crippen LogP) is 0.900. The van der Waals surface area contributed by atoms with E-state index in [2.05, 4.69) is 0 Å². The molecule has 0 aromatic carbocycles. The van der Waals surface area contributed by atoms with Gasteiger partial charge in [-0.05, 0) is 6.92 Å². The fourth-order valence-corrected chi connectivity index (χ4v) is 1.10. The van der Waals surface area contributed by atoms with Crippen molar-refractivity contribution in [2.75, 3.05) is 6.54 Å². The molecule has 0 amide bonds. The van der Waals surface area contributed by atoms with Crippen LogP contribution in [-0.2, 0) is 0 Å². The van der Waals surface area contributed by atoms with Crippen LogP contribution in [-0.4, -0.2) is 23.7 Å². The van der Waals surface area contributed by atoms with Crippen LogP contribution in [0.25, 0.3) is 0 Å². The SMILES string of the molecule is CC1CC(F)CN1C#N. The van der Waals surface area contributed by atoms with E-state index in [1.54, 1.807) is 0 Å². The summed E-state index contributed by atoms with van der Waals surface area (Å²) in [7, 11) is 0. The van der Waals surface area contributed by atoms with Gasteiger partial charge in [-0.15, -0.1) is 0 Å². The average Bonchev–Trinajstić information content (AvgIpc) is 2.10. The summed E-state index contributed by atoms with van der Waals surface area (Å²) in [5, 5.41) is 8.36. The van der Waals surface area contributed by atoms with Gasteiger partial charge in [0.1, 0.15) is 6.17 Å². The summed E-state index contributed by atoms with van der Waals surface area (Å²) >= 11 is 0. The van der Waals surface area contributed by atoms with Gasteiger partial charge in [-0.2, -0.15) is 5.26 Å². The minimum atomic E-state index is -0.792. The van der Waals surface area contributed by atoms with Crippen LogP contribution < -0.4 is 0 Å². The molecule has 2 unspecified atom stereocenters. The van der Waals surface area contributed by atoms with Crippen LogP contribution >= 0.6 is 0 Å². The predicted molar refractivity (Wildman–Crippen MR) is 31.3 cm³/mol. The molecular weight excluding hydrogens is 119 g/mol. The normalized spacial score (nSPS) is 34.6. The highest BCUT2D eigenvalue weighted by molar-refractivity contribution is 4.89. The second-order valence-electron chi connectivity index (χ2n) is 2.43. The lowest BCUT2D eigenvalue weighted by atomic mass is 10.2. The maximum atomic E-state index is 12.4. The average molecular weight is 128 g/mol. The summed E-state index contributed by atoms with van der Waals surface area (Å²) in [5.41, 5.74) is 0. The van der Waals surface area contributed by atoms with Crippen molar-refractivity contribution in [3.8, 4) is 6.19 Å². The standard InChI is InChI=1S/C6H9FN2/c1-5-2-6(7)3-9(5)4-8/h5-6H,2-3H2,1H3. The summed E-state index contributed by atoms with van der Waals surface area (Å²) in [6.07, 6.45) is 1.65. The summed E-state index contributed by atoms with van der Waals surface area (Å²) in [6, 6.07) is 0.102. The second-order valence-corrected chi connectivity index (χ2v) is 2.43. The van der Waals surface area contributed by atoms with Crippen LogP contribution in [0.5, 0.6) is 0 Å². The molecule has 0 radical (unpaired) electrons. The molecule has 1 fully saturated rings. The van der Waals surface area contributed by atoms with Gasteiger partial charge in [0.15, 0.2) is 6.19 Å². The van der Waals surface area contributed by atoms with Crippen molar-refractivity contribution >= 4 is 0 Å². The van der Waals surface area contributed by atoms with Gasteiger partial charge >= 0.3 is 0 Å². The molecule has 1 rings (SSSR count). The molecule has 0 bridgehead atoms. The van der Waals surface area contributed by atoms with Crippen molar-refractivity contribution in [2.45, 2.75) is 25.6 Å². The summed E-state index contributed by atoms with van der Waals surface area (Å²) in [5.74, 6) is 0. The van der Waals surface area contributed by atoms with E-state index in [0.717, 1.165) is 0 Å². The van der Waals surface area contributed by atoms with Crippen LogP contribution in [0.15, 0.2) is 0 Å². The smallest absolute Gasteiger partial charge is 0.179 e. The fourth-order valence-electron chi connectivity index (χ4n) is 1.10. The number of likely N-dealkylation sites (tertiary alicyclic amines) is 1. The maximum Gasteiger partial charge on any atom is 0.179 e. The maximum absolute atomic E-state index is 12.4. The van der Waals surface area contributed by atoms with Gasteiger partial charge < -0.3 is 4.90 Å². The highest BCUT2D eigenvalue weighted by atomic mass is 19.1. The van der Waals surface area contributed by atoms with Crippen molar-refractivity contribution in [1.29, 1.82) is 5.26 Å². The molecule has 0 aliphatic carbocycles. The summed E-state index contributed by atoms with van der Waals surface area (Å²) in [4.78, 5) is 1.48. The molecule has 0 aromatic rings. The van der Waals surface area contributed by atoms with Crippen LogP contribution in [0.2, 0.25) is 0 Å². The van der Waals surface area contributed by atoms with Crippen molar-refractivity contribution in [2.24, 2.45) is 0 Å². The summed E-state index contributed by atoms with van der Waals surface area (Å²) < 4.78 is 12.4. The molecule has 2 nitrogen and oxygen atoms in total. The molecule has 1 heterocycles. The minimum Gasteiger partial charge on any atom is -0.305 e. The van der Waals surface area contributed by atoms with Crippen molar-refractivity contribution in [3.63, 3.8) is 0 Å². The van der Waals surface area contributed by atoms with Gasteiger partial charge in [0.05, 0.1) is 6.54 Å². The first kappa shape index (κ1) is 6.34. The van der Waals surface area contributed by atoms with Crippen molar-refractivity contribution in [1.82, 2.24) is 4.90 Å². The number of alkyl halides is 1. The molecule has 0 spiro atoms. The number of nitrogens with zero attached hydrogens (tertiary/aromatic N) is 2. The molecule has 2 atom stereocenters. The zero-order valence-electron chi connectivity index (χ0n) is 5.34. The van der Waals surface area contributed by atoms with Crippen molar-refractivity contribution in [3.05, 3.63) is 0 Å². The lowest BCUT2D eigenvalue weighted by Gasteiger charge is -2.10. The molecule has 0 aromatic heterocycles. The van der Waals surface area contributed by atoms with E-state index in [4.69, 9.17) is 5.26 Å². The Hall–Kier alpha value is -0.780. The van der Waals surface area contributed by atoms with E-state index in [1.165, 1.54) is 4.90 Å². The van der Waals surface area contributed by atoms with Crippen LogP contribution in [0.3, 0.4) is 0 Å². The van der Waals surface area contributed by atoms with E-state index >= 15 is 0 Å². The first-order valence-corrected chi connectivity index (χ1v) is 3.04. The van der Waals surface area contributed by atoms with E-state index in [9.17, 15) is 4.39 Å². The molecular formula is C6H9FN2. The number of halogens is 1. The number of nitriles is 1. The van der Waals surface area contributed by atoms with Crippen LogP contribution in [0.4, 0.5) is 4.39 Å². The molecule has 50 valence electrons. The Kier molecular flexibility index (Phi) is 1.56. The largest absolute Gasteiger partial charge is 0.305 e. The van der Waals surface area contributed by atoms with E-state index < -0.39 is 6.17 Å². The fraction of sp³-hybridized carbons (Fsp3) is 0.833. The van der Waals surface area contributed by atoms with Gasteiger partial charge in [0.2, 0.25) is 0 Å². The third-order valence-electron chi connectivity index (χ3n) is 1.65. The highest BCUT2D eigenvalue weighted by Crippen LogP contribution is 2.17. The molecule has 0 saturated carbocycles. The number of hydrogen-bond acceptors (Lipinski definition) is 2. The minimum absolute atomic E-state index is 0.102. The van der Waals surface area contributed by atoms with E-state index in [0.29, 0.717) is 6.42 Å². The zero-order chi connectivity index (χ0) is 6.85. The third kappa shape index (κ3) is 1.13. The van der Waals surface area contributed by atoms with Gasteiger partial charge in [0.25, 0.3) is 0 Å². The first-order valence-electron chi connectivity index (χ1n) is 3.04. The molecule has 3 heteroatoms. The molecule has 0 N–H and O–H groups in total. The van der Waals surface area contributed by atoms with Gasteiger partial charge in [-0.1, -0.05) is 0 Å². The Balaban J connectivity index is 2.50. The zero-order valence-corrected chi connectivity index (χ0v) is 5.34. The van der Waals surface area contributed by atoms with E-state index in [1.807, 2.05) is 13.1 Å².